The van der Waals surface area contributed by atoms with Gasteiger partial charge in [-0.05, 0) is 53.9 Å². The summed E-state index contributed by atoms with van der Waals surface area (Å²) in [6.07, 6.45) is 0.628. The zero-order chi connectivity index (χ0) is 22.3. The van der Waals surface area contributed by atoms with Gasteiger partial charge in [-0.2, -0.15) is 0 Å². The normalized spacial score (nSPS) is 14.3. The topological polar surface area (TPSA) is 84.9 Å². The molecular formula is C23H19ClN2O5S. The van der Waals surface area contributed by atoms with E-state index in [1.807, 2.05) is 18.2 Å². The van der Waals surface area contributed by atoms with Crippen molar-refractivity contribution in [2.24, 2.45) is 0 Å². The van der Waals surface area contributed by atoms with Crippen LogP contribution in [0.15, 0.2) is 65.6 Å². The number of hydrogen-bond acceptors (Lipinski definition) is 5. The van der Waals surface area contributed by atoms with Gasteiger partial charge < -0.3 is 14.8 Å². The van der Waals surface area contributed by atoms with Crippen molar-refractivity contribution >= 4 is 33.2 Å². The maximum absolute atomic E-state index is 13.4. The van der Waals surface area contributed by atoms with Crippen molar-refractivity contribution in [2.45, 2.75) is 17.9 Å². The van der Waals surface area contributed by atoms with Crippen LogP contribution in [0.25, 0.3) is 0 Å². The van der Waals surface area contributed by atoms with Gasteiger partial charge in [-0.1, -0.05) is 35.9 Å². The molecule has 0 bridgehead atoms. The minimum atomic E-state index is -3.92. The van der Waals surface area contributed by atoms with Gasteiger partial charge in [0.05, 0.1) is 10.7 Å². The lowest BCUT2D eigenvalue weighted by molar-refractivity contribution is 0.0950. The lowest BCUT2D eigenvalue weighted by atomic mass is 10.1. The predicted octanol–water partition coefficient (Wildman–Crippen LogP) is 3.75. The van der Waals surface area contributed by atoms with Crippen LogP contribution in [-0.2, 0) is 23.0 Å². The fourth-order valence-corrected chi connectivity index (χ4v) is 5.86. The summed E-state index contributed by atoms with van der Waals surface area (Å²) in [5.74, 6) is 0.885. The highest BCUT2D eigenvalue weighted by molar-refractivity contribution is 7.93. The van der Waals surface area contributed by atoms with Gasteiger partial charge in [0.15, 0.2) is 11.5 Å². The zero-order valence-electron chi connectivity index (χ0n) is 16.9. The third-order valence-corrected chi connectivity index (χ3v) is 7.79. The standard InChI is InChI=1S/C23H19ClN2O5S/c24-18-7-6-17(23(27)25-13-15-5-8-20-21(11-15)31-14-30-20)12-22(18)32(28,29)26-10-9-16-3-1-2-4-19(16)26/h1-8,11-12H,9-10,13-14H2,(H,25,27). The highest BCUT2D eigenvalue weighted by Gasteiger charge is 2.32. The van der Waals surface area contributed by atoms with Gasteiger partial charge in [-0.25, -0.2) is 8.42 Å². The number of nitrogens with one attached hydrogen (secondary N) is 1. The van der Waals surface area contributed by atoms with Crippen LogP contribution in [0.2, 0.25) is 5.02 Å². The number of fused-ring (bicyclic) bond motifs is 2. The number of amides is 1. The van der Waals surface area contributed by atoms with Crippen molar-refractivity contribution in [1.29, 1.82) is 0 Å². The third kappa shape index (κ3) is 3.65. The smallest absolute Gasteiger partial charge is 0.265 e. The number of carbonyl (C=O) groups is 1. The minimum absolute atomic E-state index is 0.0710. The van der Waals surface area contributed by atoms with E-state index in [9.17, 15) is 13.2 Å². The summed E-state index contributed by atoms with van der Waals surface area (Å²) in [5, 5.41) is 2.87. The highest BCUT2D eigenvalue weighted by atomic mass is 35.5. The molecule has 9 heteroatoms. The average Bonchev–Trinajstić information content (AvgIpc) is 3.44. The largest absolute Gasteiger partial charge is 0.454 e. The Morgan fingerprint density at radius 2 is 1.84 bits per heavy atom. The number of ether oxygens (including phenoxy) is 2. The first-order chi connectivity index (χ1) is 15.4. The summed E-state index contributed by atoms with van der Waals surface area (Å²) in [7, 11) is -3.92. The molecule has 0 spiro atoms. The zero-order valence-corrected chi connectivity index (χ0v) is 18.4. The first-order valence-corrected chi connectivity index (χ1v) is 11.8. The number of nitrogens with zero attached hydrogens (tertiary/aromatic N) is 1. The second-order valence-electron chi connectivity index (χ2n) is 7.47. The molecular weight excluding hydrogens is 452 g/mol. The van der Waals surface area contributed by atoms with E-state index in [2.05, 4.69) is 5.32 Å². The molecule has 0 radical (unpaired) electrons. The van der Waals surface area contributed by atoms with Crippen molar-refractivity contribution in [3.05, 3.63) is 82.4 Å². The van der Waals surface area contributed by atoms with Gasteiger partial charge in [0.2, 0.25) is 6.79 Å². The van der Waals surface area contributed by atoms with Crippen LogP contribution >= 0.6 is 11.6 Å². The van der Waals surface area contributed by atoms with Crippen LogP contribution in [0, 0.1) is 0 Å². The van der Waals surface area contributed by atoms with Gasteiger partial charge >= 0.3 is 0 Å². The molecule has 0 atom stereocenters. The van der Waals surface area contributed by atoms with Crippen LogP contribution in [0.1, 0.15) is 21.5 Å². The quantitative estimate of drug-likeness (QED) is 0.614. The number of sulfonamides is 1. The van der Waals surface area contributed by atoms with E-state index in [4.69, 9.17) is 21.1 Å². The van der Waals surface area contributed by atoms with Gasteiger partial charge in [0.25, 0.3) is 15.9 Å². The summed E-state index contributed by atoms with van der Waals surface area (Å²) in [6, 6.07) is 17.0. The Bertz CT molecular complexity index is 1330. The Kier molecular flexibility index (Phi) is 5.19. The number of carbonyl (C=O) groups excluding carboxylic acids is 1. The van der Waals surface area contributed by atoms with Crippen molar-refractivity contribution in [2.75, 3.05) is 17.6 Å². The summed E-state index contributed by atoms with van der Waals surface area (Å²) >= 11 is 6.25. The van der Waals surface area contributed by atoms with Crippen LogP contribution < -0.4 is 19.1 Å². The summed E-state index contributed by atoms with van der Waals surface area (Å²) in [6.45, 7) is 0.757. The average molecular weight is 471 g/mol. The van der Waals surface area contributed by atoms with Crippen molar-refractivity contribution in [3.63, 3.8) is 0 Å². The second kappa shape index (κ2) is 8.03. The van der Waals surface area contributed by atoms with Crippen LogP contribution in [0.4, 0.5) is 5.69 Å². The van der Waals surface area contributed by atoms with E-state index in [0.717, 1.165) is 11.1 Å². The molecule has 0 saturated heterocycles. The van der Waals surface area contributed by atoms with E-state index >= 15 is 0 Å². The molecule has 0 saturated carbocycles. The van der Waals surface area contributed by atoms with Crippen LogP contribution in [-0.4, -0.2) is 27.7 Å². The highest BCUT2D eigenvalue weighted by Crippen LogP contribution is 2.35. The number of para-hydroxylation sites is 1. The van der Waals surface area contributed by atoms with E-state index in [1.54, 1.807) is 24.3 Å². The van der Waals surface area contributed by atoms with Crippen molar-refractivity contribution < 1.29 is 22.7 Å². The first-order valence-electron chi connectivity index (χ1n) is 10.0. The molecule has 2 aliphatic heterocycles. The Morgan fingerprint density at radius 3 is 2.72 bits per heavy atom. The molecule has 32 heavy (non-hydrogen) atoms. The molecule has 0 aliphatic carbocycles. The van der Waals surface area contributed by atoms with Gasteiger partial charge in [-0.3, -0.25) is 9.10 Å². The van der Waals surface area contributed by atoms with E-state index in [0.29, 0.717) is 30.2 Å². The molecule has 1 amide bonds. The second-order valence-corrected chi connectivity index (χ2v) is 9.71. The number of benzene rings is 3. The maximum Gasteiger partial charge on any atom is 0.265 e. The molecule has 0 fully saturated rings. The van der Waals surface area contributed by atoms with E-state index < -0.39 is 15.9 Å². The van der Waals surface area contributed by atoms with Crippen LogP contribution in [0.5, 0.6) is 11.5 Å². The Morgan fingerprint density at radius 1 is 1.03 bits per heavy atom. The third-order valence-electron chi connectivity index (χ3n) is 5.50. The number of halogens is 1. The molecule has 7 nitrogen and oxygen atoms in total. The van der Waals surface area contributed by atoms with Gasteiger partial charge in [0, 0.05) is 18.7 Å². The van der Waals surface area contributed by atoms with Crippen LogP contribution in [0.3, 0.4) is 0 Å². The Balaban J connectivity index is 1.37. The maximum atomic E-state index is 13.4. The number of anilines is 1. The van der Waals surface area contributed by atoms with Gasteiger partial charge in [0.1, 0.15) is 4.90 Å². The predicted molar refractivity (Wildman–Crippen MR) is 120 cm³/mol. The molecule has 0 unspecified atom stereocenters. The Hall–Kier alpha value is -3.23. The van der Waals surface area contributed by atoms with Crippen molar-refractivity contribution in [1.82, 2.24) is 5.32 Å². The minimum Gasteiger partial charge on any atom is -0.454 e. The lowest BCUT2D eigenvalue weighted by Gasteiger charge is -2.20. The van der Waals surface area contributed by atoms with Gasteiger partial charge in [-0.15, -0.1) is 0 Å². The molecule has 164 valence electrons. The fraction of sp³-hybridized carbons (Fsp3) is 0.174. The molecule has 1 N–H and O–H groups in total. The molecule has 2 aliphatic rings. The monoisotopic (exact) mass is 470 g/mol. The van der Waals surface area contributed by atoms with E-state index in [1.165, 1.54) is 22.5 Å². The molecule has 3 aromatic carbocycles. The van der Waals surface area contributed by atoms with E-state index in [-0.39, 0.29) is 28.8 Å². The number of hydrogen-bond donors (Lipinski definition) is 1. The fourth-order valence-electron chi connectivity index (χ4n) is 3.85. The molecule has 0 aromatic heterocycles. The molecule has 3 aromatic rings. The molecule has 5 rings (SSSR count). The van der Waals surface area contributed by atoms with Crippen molar-refractivity contribution in [3.8, 4) is 11.5 Å². The summed E-state index contributed by atoms with van der Waals surface area (Å²) in [5.41, 5.74) is 2.64. The Labute approximate surface area is 190 Å². The summed E-state index contributed by atoms with van der Waals surface area (Å²) < 4.78 is 38.7. The number of rotatable bonds is 5. The SMILES string of the molecule is O=C(NCc1ccc2c(c1)OCO2)c1ccc(Cl)c(S(=O)(=O)N2CCc3ccccc32)c1. The summed E-state index contributed by atoms with van der Waals surface area (Å²) in [4.78, 5) is 12.7. The lowest BCUT2D eigenvalue weighted by Crippen LogP contribution is -2.30. The first kappa shape index (κ1) is 20.7. The molecule has 2 heterocycles.